The van der Waals surface area contributed by atoms with E-state index in [2.05, 4.69) is 54.3 Å². The molecule has 0 aliphatic rings. The van der Waals surface area contributed by atoms with Gasteiger partial charge in [-0.05, 0) is 24.1 Å². The first kappa shape index (κ1) is 18.9. The average molecular weight is 315 g/mol. The summed E-state index contributed by atoms with van der Waals surface area (Å²) in [6.07, 6.45) is 1.78. The lowest BCUT2D eigenvalue weighted by atomic mass is 10.1. The van der Waals surface area contributed by atoms with Crippen LogP contribution in [0, 0.1) is 0 Å². The van der Waals surface area contributed by atoms with Crippen LogP contribution in [0.15, 0.2) is 48.5 Å². The highest BCUT2D eigenvalue weighted by atomic mass is 32.2. The lowest BCUT2D eigenvalue weighted by Crippen LogP contribution is -2.05. The van der Waals surface area contributed by atoms with Crippen LogP contribution < -0.4 is 5.73 Å². The minimum absolute atomic E-state index is 0.145. The van der Waals surface area contributed by atoms with Crippen LogP contribution in [0.4, 0.5) is 0 Å². The van der Waals surface area contributed by atoms with Crippen LogP contribution in [0.3, 0.4) is 0 Å². The van der Waals surface area contributed by atoms with Crippen LogP contribution in [-0.4, -0.2) is 37.8 Å². The van der Waals surface area contributed by atoms with Gasteiger partial charge in [0.2, 0.25) is 0 Å². The zero-order chi connectivity index (χ0) is 15.4. The molecular formula is C14H21NO3S2. The Balaban J connectivity index is 0.000000330. The van der Waals surface area contributed by atoms with Crippen molar-refractivity contribution in [3.63, 3.8) is 0 Å². The van der Waals surface area contributed by atoms with E-state index in [1.165, 1.54) is 29.6 Å². The first-order chi connectivity index (χ1) is 9.53. The second-order valence-corrected chi connectivity index (χ2v) is 6.18. The van der Waals surface area contributed by atoms with E-state index in [0.717, 1.165) is 0 Å². The van der Waals surface area contributed by atoms with Gasteiger partial charge in [-0.3, -0.25) is 4.55 Å². The highest BCUT2D eigenvalue weighted by Crippen LogP contribution is 2.11. The highest BCUT2D eigenvalue weighted by Gasteiger charge is 2.00. The van der Waals surface area contributed by atoms with Crippen LogP contribution in [0.2, 0.25) is 0 Å². The summed E-state index contributed by atoms with van der Waals surface area (Å²) in [5.74, 6) is 0.312. The van der Waals surface area contributed by atoms with Crippen molar-refractivity contribution < 1.29 is 13.0 Å². The molecule has 0 amide bonds. The summed E-state index contributed by atoms with van der Waals surface area (Å²) in [5, 5.41) is 2.62. The second-order valence-electron chi connectivity index (χ2n) is 3.63. The Morgan fingerprint density at radius 2 is 1.35 bits per heavy atom. The first-order valence-corrected chi connectivity index (χ1v) is 8.99. The van der Waals surface area contributed by atoms with Crippen LogP contribution in [0.1, 0.15) is 0 Å². The van der Waals surface area contributed by atoms with Gasteiger partial charge in [0.05, 0.1) is 5.75 Å². The van der Waals surface area contributed by atoms with E-state index in [1.54, 1.807) is 6.26 Å². The molecule has 0 spiro atoms. The molecule has 4 nitrogen and oxygen atoms in total. The molecule has 0 aliphatic carbocycles. The number of rotatable bonds is 3. The van der Waals surface area contributed by atoms with Crippen molar-refractivity contribution in [3.05, 3.63) is 48.5 Å². The molecule has 6 heteroatoms. The summed E-state index contributed by atoms with van der Waals surface area (Å²) in [5.41, 5.74) is 4.50. The molecule has 2 rings (SSSR count). The standard InChI is InChI=1S/C10H8.C3H8O3S2.CH5N/c1-2-6-10-8-4-3-7-9(10)5-1;1-7-2-3-8(4,5)6;1-2/h1-8H;2-3H2,1H3,(H,4,5,6);2H2,1H3. The van der Waals surface area contributed by atoms with E-state index in [4.69, 9.17) is 4.55 Å². The van der Waals surface area contributed by atoms with Crippen LogP contribution >= 0.6 is 11.8 Å². The van der Waals surface area contributed by atoms with Crippen molar-refractivity contribution in [1.82, 2.24) is 0 Å². The van der Waals surface area contributed by atoms with Gasteiger partial charge in [-0.2, -0.15) is 20.2 Å². The fraction of sp³-hybridized carbons (Fsp3) is 0.286. The lowest BCUT2D eigenvalue weighted by molar-refractivity contribution is 0.485. The maximum Gasteiger partial charge on any atom is 0.265 e. The lowest BCUT2D eigenvalue weighted by Gasteiger charge is -1.92. The molecule has 2 aromatic rings. The summed E-state index contributed by atoms with van der Waals surface area (Å²) >= 11 is 1.39. The summed E-state index contributed by atoms with van der Waals surface area (Å²) in [7, 11) is -2.21. The third-order valence-electron chi connectivity index (χ3n) is 2.20. The molecule has 0 aromatic heterocycles. The third kappa shape index (κ3) is 8.92. The molecule has 2 aromatic carbocycles. The first-order valence-electron chi connectivity index (χ1n) is 5.98. The number of nitrogens with two attached hydrogens (primary N) is 1. The van der Waals surface area contributed by atoms with Crippen molar-refractivity contribution in [2.24, 2.45) is 5.73 Å². The molecule has 3 N–H and O–H groups in total. The largest absolute Gasteiger partial charge is 0.333 e. The van der Waals surface area contributed by atoms with Crippen LogP contribution in [-0.2, 0) is 10.1 Å². The predicted molar refractivity (Wildman–Crippen MR) is 88.9 cm³/mol. The van der Waals surface area contributed by atoms with Gasteiger partial charge in [-0.15, -0.1) is 0 Å². The van der Waals surface area contributed by atoms with Gasteiger partial charge in [0, 0.05) is 5.75 Å². The molecule has 0 fully saturated rings. The zero-order valence-electron chi connectivity index (χ0n) is 11.7. The maximum atomic E-state index is 9.93. The second kappa shape index (κ2) is 10.7. The third-order valence-corrected chi connectivity index (χ3v) is 3.79. The van der Waals surface area contributed by atoms with Gasteiger partial charge >= 0.3 is 0 Å². The van der Waals surface area contributed by atoms with Gasteiger partial charge in [0.1, 0.15) is 0 Å². The molecule has 0 bridgehead atoms. The number of hydrogen-bond acceptors (Lipinski definition) is 4. The molecular weight excluding hydrogens is 294 g/mol. The SMILES string of the molecule is CN.CSCCS(=O)(=O)O.c1ccc2ccccc2c1. The Morgan fingerprint density at radius 1 is 1.00 bits per heavy atom. The molecule has 0 heterocycles. The highest BCUT2D eigenvalue weighted by molar-refractivity contribution is 7.99. The van der Waals surface area contributed by atoms with Gasteiger partial charge in [-0.1, -0.05) is 48.5 Å². The Labute approximate surface area is 125 Å². The average Bonchev–Trinajstić information content (AvgIpc) is 2.47. The van der Waals surface area contributed by atoms with Crippen molar-refractivity contribution in [3.8, 4) is 0 Å². The summed E-state index contributed by atoms with van der Waals surface area (Å²) in [6, 6.07) is 16.7. The molecule has 0 aliphatic heterocycles. The van der Waals surface area contributed by atoms with Crippen LogP contribution in [0.5, 0.6) is 0 Å². The van der Waals surface area contributed by atoms with E-state index >= 15 is 0 Å². The fourth-order valence-corrected chi connectivity index (χ4v) is 2.83. The molecule has 112 valence electrons. The number of benzene rings is 2. The van der Waals surface area contributed by atoms with Gasteiger partial charge in [0.15, 0.2) is 0 Å². The maximum absolute atomic E-state index is 9.93. The Morgan fingerprint density at radius 3 is 1.55 bits per heavy atom. The topological polar surface area (TPSA) is 80.4 Å². The zero-order valence-corrected chi connectivity index (χ0v) is 13.3. The summed E-state index contributed by atoms with van der Waals surface area (Å²) in [4.78, 5) is 0. The van der Waals surface area contributed by atoms with Gasteiger partial charge in [0.25, 0.3) is 10.1 Å². The summed E-state index contributed by atoms with van der Waals surface area (Å²) in [6.45, 7) is 0. The number of fused-ring (bicyclic) bond motifs is 1. The predicted octanol–water partition coefficient (Wildman–Crippen LogP) is 2.65. The Kier molecular flexibility index (Phi) is 10.1. The summed E-state index contributed by atoms with van der Waals surface area (Å²) < 4.78 is 28.0. The van der Waals surface area contributed by atoms with Crippen molar-refractivity contribution >= 4 is 32.7 Å². The molecule has 0 radical (unpaired) electrons. The van der Waals surface area contributed by atoms with Crippen LogP contribution in [0.25, 0.3) is 10.8 Å². The van der Waals surface area contributed by atoms with E-state index in [0.29, 0.717) is 5.75 Å². The molecule has 0 atom stereocenters. The van der Waals surface area contributed by atoms with Crippen molar-refractivity contribution in [2.45, 2.75) is 0 Å². The molecule has 0 saturated carbocycles. The minimum atomic E-state index is -3.71. The van der Waals surface area contributed by atoms with E-state index in [9.17, 15) is 8.42 Å². The molecule has 0 unspecified atom stereocenters. The Bertz CT molecular complexity index is 520. The molecule has 20 heavy (non-hydrogen) atoms. The number of hydrogen-bond donors (Lipinski definition) is 2. The fourth-order valence-electron chi connectivity index (χ4n) is 1.32. The van der Waals surface area contributed by atoms with E-state index in [-0.39, 0.29) is 5.75 Å². The monoisotopic (exact) mass is 315 g/mol. The van der Waals surface area contributed by atoms with E-state index < -0.39 is 10.1 Å². The minimum Gasteiger partial charge on any atom is -0.333 e. The normalized spacial score (nSPS) is 10.0. The van der Waals surface area contributed by atoms with Crippen molar-refractivity contribution in [1.29, 1.82) is 0 Å². The number of thioether (sulfide) groups is 1. The van der Waals surface area contributed by atoms with E-state index in [1.807, 2.05) is 0 Å². The van der Waals surface area contributed by atoms with Gasteiger partial charge < -0.3 is 5.73 Å². The molecule has 0 saturated heterocycles. The Hall–Kier alpha value is -1.08. The van der Waals surface area contributed by atoms with Crippen molar-refractivity contribution in [2.75, 3.05) is 24.8 Å². The van der Waals surface area contributed by atoms with Gasteiger partial charge in [-0.25, -0.2) is 0 Å². The quantitative estimate of drug-likeness (QED) is 0.851. The smallest absolute Gasteiger partial charge is 0.265 e.